The predicted molar refractivity (Wildman–Crippen MR) is 90.3 cm³/mol. The van der Waals surface area contributed by atoms with E-state index in [0.29, 0.717) is 5.76 Å². The van der Waals surface area contributed by atoms with Gasteiger partial charge in [-0.2, -0.15) is 4.98 Å². The number of hydrogen-bond donors (Lipinski definition) is 1. The summed E-state index contributed by atoms with van der Waals surface area (Å²) in [6, 6.07) is 4.89. The maximum Gasteiger partial charge on any atom is 0.357 e. The van der Waals surface area contributed by atoms with Crippen LogP contribution in [0.5, 0.6) is 0 Å². The summed E-state index contributed by atoms with van der Waals surface area (Å²) in [6.45, 7) is 3.30. The molecule has 26 heavy (non-hydrogen) atoms. The van der Waals surface area contributed by atoms with Crippen LogP contribution in [0, 0.1) is 6.92 Å². The molecule has 0 bridgehead atoms. The van der Waals surface area contributed by atoms with Crippen molar-refractivity contribution in [2.24, 2.45) is 0 Å². The Kier molecular flexibility index (Phi) is 4.78. The highest BCUT2D eigenvalue weighted by atomic mass is 16.5. The molecule has 3 heterocycles. The molecule has 0 saturated heterocycles. The van der Waals surface area contributed by atoms with E-state index in [1.807, 2.05) is 0 Å². The molecule has 0 atom stereocenters. The summed E-state index contributed by atoms with van der Waals surface area (Å²) in [7, 11) is 0. The van der Waals surface area contributed by atoms with Gasteiger partial charge in [0.15, 0.2) is 12.4 Å². The van der Waals surface area contributed by atoms with E-state index in [9.17, 15) is 9.59 Å². The first-order valence-corrected chi connectivity index (χ1v) is 7.82. The molecule has 3 rings (SSSR count). The highest BCUT2D eigenvalue weighted by molar-refractivity contribution is 6.07. The van der Waals surface area contributed by atoms with Crippen LogP contribution in [0.2, 0.25) is 0 Å². The Balaban J connectivity index is 1.85. The number of furan rings is 1. The van der Waals surface area contributed by atoms with Crippen LogP contribution in [0.3, 0.4) is 0 Å². The molecule has 3 aromatic heterocycles. The summed E-state index contributed by atoms with van der Waals surface area (Å²) < 4.78 is 15.6. The van der Waals surface area contributed by atoms with Crippen LogP contribution in [0.4, 0.5) is 5.82 Å². The van der Waals surface area contributed by atoms with Gasteiger partial charge in [0.25, 0.3) is 0 Å². The first-order chi connectivity index (χ1) is 12.5. The smallest absolute Gasteiger partial charge is 0.357 e. The first-order valence-electron chi connectivity index (χ1n) is 7.82. The number of carbonyl (C=O) groups is 2. The van der Waals surface area contributed by atoms with Crippen molar-refractivity contribution in [3.8, 4) is 0 Å². The lowest BCUT2D eigenvalue weighted by atomic mass is 10.2. The molecule has 0 aliphatic rings. The van der Waals surface area contributed by atoms with Crippen molar-refractivity contribution in [1.29, 1.82) is 0 Å². The predicted octanol–water partition coefficient (Wildman–Crippen LogP) is 2.04. The Labute approximate surface area is 148 Å². The third-order valence-electron chi connectivity index (χ3n) is 3.49. The molecular formula is C17H16N4O5. The second-order valence-corrected chi connectivity index (χ2v) is 5.25. The van der Waals surface area contributed by atoms with E-state index in [1.165, 1.54) is 12.3 Å². The number of carbonyl (C=O) groups excluding carboxylic acids is 2. The van der Waals surface area contributed by atoms with Gasteiger partial charge in [-0.25, -0.2) is 19.6 Å². The van der Waals surface area contributed by atoms with E-state index in [2.05, 4.69) is 15.0 Å². The van der Waals surface area contributed by atoms with Crippen molar-refractivity contribution >= 4 is 28.9 Å². The lowest BCUT2D eigenvalue weighted by Gasteiger charge is -2.05. The number of rotatable bonds is 5. The van der Waals surface area contributed by atoms with Crippen LogP contribution >= 0.6 is 0 Å². The Morgan fingerprint density at radius 1 is 1.19 bits per heavy atom. The minimum atomic E-state index is -0.615. The zero-order valence-electron chi connectivity index (χ0n) is 14.2. The van der Waals surface area contributed by atoms with E-state index in [4.69, 9.17) is 19.6 Å². The number of ether oxygens (including phenoxy) is 2. The Morgan fingerprint density at radius 2 is 2.00 bits per heavy atom. The lowest BCUT2D eigenvalue weighted by Crippen LogP contribution is -2.10. The molecule has 9 heteroatoms. The molecule has 0 amide bonds. The van der Waals surface area contributed by atoms with Crippen LogP contribution in [-0.2, 0) is 16.1 Å². The number of aryl methyl sites for hydroxylation is 1. The van der Waals surface area contributed by atoms with Gasteiger partial charge in [0, 0.05) is 6.20 Å². The SMILES string of the molecule is CCOC(=O)c1c(C)oc2nc(COC(=O)c3ccccn3)nc(N)c12. The molecule has 0 aliphatic carbocycles. The normalized spacial score (nSPS) is 10.7. The minimum absolute atomic E-state index is 0.0405. The van der Waals surface area contributed by atoms with Gasteiger partial charge < -0.3 is 19.6 Å². The van der Waals surface area contributed by atoms with Gasteiger partial charge in [-0.3, -0.25) is 0 Å². The first kappa shape index (κ1) is 17.3. The molecule has 0 aliphatic heterocycles. The van der Waals surface area contributed by atoms with Crippen molar-refractivity contribution < 1.29 is 23.5 Å². The van der Waals surface area contributed by atoms with Crippen molar-refractivity contribution in [2.75, 3.05) is 12.3 Å². The molecule has 0 radical (unpaired) electrons. The summed E-state index contributed by atoms with van der Waals surface area (Å²) in [6.07, 6.45) is 1.49. The Morgan fingerprint density at radius 3 is 2.69 bits per heavy atom. The average molecular weight is 356 g/mol. The van der Waals surface area contributed by atoms with Crippen LogP contribution in [0.25, 0.3) is 11.1 Å². The monoisotopic (exact) mass is 356 g/mol. The van der Waals surface area contributed by atoms with Gasteiger partial charge in [-0.15, -0.1) is 0 Å². The van der Waals surface area contributed by atoms with E-state index in [0.717, 1.165) is 0 Å². The molecule has 0 spiro atoms. The van der Waals surface area contributed by atoms with Gasteiger partial charge in [0.1, 0.15) is 22.8 Å². The molecule has 9 nitrogen and oxygen atoms in total. The molecule has 3 aromatic rings. The van der Waals surface area contributed by atoms with Crippen molar-refractivity contribution in [3.05, 3.63) is 47.2 Å². The number of fused-ring (bicyclic) bond motifs is 1. The highest BCUT2D eigenvalue weighted by Gasteiger charge is 2.24. The van der Waals surface area contributed by atoms with E-state index in [1.54, 1.807) is 26.0 Å². The van der Waals surface area contributed by atoms with Crippen molar-refractivity contribution in [1.82, 2.24) is 15.0 Å². The fourth-order valence-corrected chi connectivity index (χ4v) is 2.38. The van der Waals surface area contributed by atoms with Gasteiger partial charge >= 0.3 is 11.9 Å². The van der Waals surface area contributed by atoms with E-state index < -0.39 is 11.9 Å². The number of nitrogens with two attached hydrogens (primary N) is 1. The van der Waals surface area contributed by atoms with Gasteiger partial charge in [0.05, 0.1) is 12.0 Å². The number of aromatic nitrogens is 3. The number of nitrogens with zero attached hydrogens (tertiary/aromatic N) is 3. The average Bonchev–Trinajstić information content (AvgIpc) is 2.97. The topological polar surface area (TPSA) is 130 Å². The highest BCUT2D eigenvalue weighted by Crippen LogP contribution is 2.29. The van der Waals surface area contributed by atoms with Crippen molar-refractivity contribution in [2.45, 2.75) is 20.5 Å². The van der Waals surface area contributed by atoms with E-state index in [-0.39, 0.29) is 47.2 Å². The van der Waals surface area contributed by atoms with Crippen molar-refractivity contribution in [3.63, 3.8) is 0 Å². The van der Waals surface area contributed by atoms with Crippen LogP contribution in [0.15, 0.2) is 28.8 Å². The quantitative estimate of drug-likeness (QED) is 0.682. The standard InChI is InChI=1S/C17H16N4O5/c1-3-24-17(23)12-9(2)26-15-13(12)14(18)20-11(21-15)8-25-16(22)10-6-4-5-7-19-10/h4-7H,3,8H2,1-2H3,(H2,18,20,21). The zero-order valence-corrected chi connectivity index (χ0v) is 14.2. The third-order valence-corrected chi connectivity index (χ3v) is 3.49. The lowest BCUT2D eigenvalue weighted by molar-refractivity contribution is 0.0454. The summed E-state index contributed by atoms with van der Waals surface area (Å²) >= 11 is 0. The molecule has 0 unspecified atom stereocenters. The van der Waals surface area contributed by atoms with Gasteiger partial charge in [0.2, 0.25) is 5.71 Å². The maximum absolute atomic E-state index is 12.1. The van der Waals surface area contributed by atoms with Gasteiger partial charge in [-0.05, 0) is 26.0 Å². The fraction of sp³-hybridized carbons (Fsp3) is 0.235. The largest absolute Gasteiger partial charge is 0.462 e. The molecule has 2 N–H and O–H groups in total. The van der Waals surface area contributed by atoms with Crippen LogP contribution < -0.4 is 5.73 Å². The summed E-state index contributed by atoms with van der Waals surface area (Å²) in [5.41, 5.74) is 6.44. The minimum Gasteiger partial charge on any atom is -0.462 e. The van der Waals surface area contributed by atoms with Crippen LogP contribution in [0.1, 0.15) is 39.4 Å². The number of nitrogen functional groups attached to an aromatic ring is 1. The summed E-state index contributed by atoms with van der Waals surface area (Å²) in [5, 5.41) is 0.278. The third kappa shape index (κ3) is 3.32. The molecule has 0 aromatic carbocycles. The Hall–Kier alpha value is -3.49. The summed E-state index contributed by atoms with van der Waals surface area (Å²) in [4.78, 5) is 36.2. The molecule has 0 saturated carbocycles. The Bertz CT molecular complexity index is 968. The fourth-order valence-electron chi connectivity index (χ4n) is 2.38. The zero-order chi connectivity index (χ0) is 18.7. The molecule has 134 valence electrons. The molecular weight excluding hydrogens is 340 g/mol. The number of pyridine rings is 1. The second kappa shape index (κ2) is 7.18. The van der Waals surface area contributed by atoms with Crippen LogP contribution in [-0.4, -0.2) is 33.5 Å². The van der Waals surface area contributed by atoms with E-state index >= 15 is 0 Å². The molecule has 0 fully saturated rings. The maximum atomic E-state index is 12.1. The number of esters is 2. The van der Waals surface area contributed by atoms with Gasteiger partial charge in [-0.1, -0.05) is 6.07 Å². The second-order valence-electron chi connectivity index (χ2n) is 5.25. The summed E-state index contributed by atoms with van der Waals surface area (Å²) in [5.74, 6) is -0.673. The number of hydrogen-bond acceptors (Lipinski definition) is 9. The number of anilines is 1.